The first-order valence-corrected chi connectivity index (χ1v) is 5.56. The summed E-state index contributed by atoms with van der Waals surface area (Å²) < 4.78 is 0.933. The average Bonchev–Trinajstić information content (AvgIpc) is 2.40. The molecule has 0 heterocycles. The monoisotopic (exact) mass is 322 g/mol. The van der Waals surface area contributed by atoms with Crippen molar-refractivity contribution in [1.29, 1.82) is 0 Å². The molecule has 0 bridgehead atoms. The topological polar surface area (TPSA) is 0 Å². The molecule has 2 aliphatic carbocycles. The van der Waals surface area contributed by atoms with Crippen molar-refractivity contribution < 1.29 is 0 Å². The second-order valence-electron chi connectivity index (χ2n) is 2.68. The van der Waals surface area contributed by atoms with Gasteiger partial charge in [-0.05, 0) is 22.6 Å². The van der Waals surface area contributed by atoms with Gasteiger partial charge < -0.3 is 0 Å². The molecule has 0 aliphatic heterocycles. The normalized spacial score (nSPS) is 10.7. The predicted octanol–water partition coefficient (Wildman–Crippen LogP) is 4.70. The fourth-order valence-corrected chi connectivity index (χ4v) is 2.41. The summed E-state index contributed by atoms with van der Waals surface area (Å²) in [6.07, 6.45) is 0. The highest BCUT2D eigenvalue weighted by Gasteiger charge is 2.17. The Morgan fingerprint density at radius 1 is 0.846 bits per heavy atom. The van der Waals surface area contributed by atoms with E-state index in [1.165, 1.54) is 0 Å². The lowest BCUT2D eigenvalue weighted by Crippen LogP contribution is -1.65. The van der Waals surface area contributed by atoms with Crippen molar-refractivity contribution >= 4 is 45.8 Å². The van der Waals surface area contributed by atoms with Gasteiger partial charge in [-0.15, -0.1) is 0 Å². The van der Waals surface area contributed by atoms with E-state index < -0.39 is 0 Å². The van der Waals surface area contributed by atoms with E-state index in [0.29, 0.717) is 0 Å². The molecule has 0 nitrogen and oxygen atoms in total. The molecule has 3 heteroatoms. The molecule has 2 rings (SSSR count). The molecule has 0 fully saturated rings. The van der Waals surface area contributed by atoms with Crippen molar-refractivity contribution in [2.45, 2.75) is 0 Å². The van der Waals surface area contributed by atoms with Crippen LogP contribution in [0.5, 0.6) is 0 Å². The maximum absolute atomic E-state index is 6.11. The lowest BCUT2D eigenvalue weighted by Gasteiger charge is -1.91. The highest BCUT2D eigenvalue weighted by Crippen LogP contribution is 2.43. The highest BCUT2D eigenvalue weighted by molar-refractivity contribution is 14.1. The van der Waals surface area contributed by atoms with Crippen LogP contribution in [0.2, 0.25) is 10.0 Å². The zero-order valence-corrected chi connectivity index (χ0v) is 10.2. The van der Waals surface area contributed by atoms with Gasteiger partial charge in [0.2, 0.25) is 0 Å². The van der Waals surface area contributed by atoms with E-state index in [9.17, 15) is 0 Å². The number of rotatable bonds is 0. The molecule has 0 saturated heterocycles. The third-order valence-corrected chi connectivity index (χ3v) is 4.40. The largest absolute Gasteiger partial charge is 0.0824 e. The van der Waals surface area contributed by atoms with E-state index in [1.807, 2.05) is 30.3 Å². The zero-order chi connectivity index (χ0) is 9.42. The van der Waals surface area contributed by atoms with E-state index >= 15 is 0 Å². The van der Waals surface area contributed by atoms with Gasteiger partial charge in [0.15, 0.2) is 0 Å². The van der Waals surface area contributed by atoms with Gasteiger partial charge in [0, 0.05) is 11.1 Å². The Morgan fingerprint density at radius 2 is 1.31 bits per heavy atom. The van der Waals surface area contributed by atoms with Gasteiger partial charge in [-0.1, -0.05) is 53.5 Å². The van der Waals surface area contributed by atoms with Crippen LogP contribution in [-0.2, 0) is 0 Å². The third kappa shape index (κ3) is 1.53. The second kappa shape index (κ2) is 3.64. The molecule has 0 N–H and O–H groups in total. The summed E-state index contributed by atoms with van der Waals surface area (Å²) in [5, 5.41) is 1.49. The van der Waals surface area contributed by atoms with Crippen LogP contribution in [0.25, 0.3) is 11.1 Å². The molecule has 0 radical (unpaired) electrons. The molecule has 0 amide bonds. The second-order valence-corrected chi connectivity index (χ2v) is 4.51. The van der Waals surface area contributed by atoms with Crippen LogP contribution in [0, 0.1) is 3.57 Å². The molecule has 2 aliphatic rings. The molecule has 0 saturated carbocycles. The fraction of sp³-hybridized carbons (Fsp3) is 0. The fourth-order valence-electron chi connectivity index (χ4n) is 1.26. The van der Waals surface area contributed by atoms with Crippen LogP contribution in [0.15, 0.2) is 30.3 Å². The van der Waals surface area contributed by atoms with Crippen LogP contribution in [-0.4, -0.2) is 0 Å². The van der Waals surface area contributed by atoms with Crippen LogP contribution in [0.4, 0.5) is 0 Å². The van der Waals surface area contributed by atoms with Gasteiger partial charge in [-0.25, -0.2) is 0 Å². The molecular weight excluding hydrogens is 318 g/mol. The average molecular weight is 323 g/mol. The van der Waals surface area contributed by atoms with Gasteiger partial charge in [0.05, 0.1) is 13.6 Å². The number of hydrogen-bond donors (Lipinski definition) is 0. The first kappa shape index (κ1) is 9.56. The van der Waals surface area contributed by atoms with Gasteiger partial charge in [0.25, 0.3) is 0 Å². The SMILES string of the molecule is Clc1c2cccccc-2c(Cl)c1I. The summed E-state index contributed by atoms with van der Waals surface area (Å²) in [6, 6.07) is 9.83. The number of halogens is 3. The maximum Gasteiger partial charge on any atom is 0.0633 e. The van der Waals surface area contributed by atoms with Crippen molar-refractivity contribution in [2.24, 2.45) is 0 Å². The Hall–Kier alpha value is 0.01000. The molecule has 0 spiro atoms. The summed E-state index contributed by atoms with van der Waals surface area (Å²) in [4.78, 5) is 0. The summed E-state index contributed by atoms with van der Waals surface area (Å²) in [7, 11) is 0. The quantitative estimate of drug-likeness (QED) is 0.617. The van der Waals surface area contributed by atoms with E-state index in [-0.39, 0.29) is 0 Å². The Bertz CT molecular complexity index is 389. The van der Waals surface area contributed by atoms with Crippen LogP contribution < -0.4 is 0 Å². The molecule has 0 unspecified atom stereocenters. The first-order chi connectivity index (χ1) is 6.22. The Kier molecular flexibility index (Phi) is 2.67. The summed E-state index contributed by atoms with van der Waals surface area (Å²) in [6.45, 7) is 0. The van der Waals surface area contributed by atoms with E-state index in [2.05, 4.69) is 22.6 Å². The Balaban J connectivity index is 2.86. The van der Waals surface area contributed by atoms with Crippen LogP contribution in [0.1, 0.15) is 0 Å². The van der Waals surface area contributed by atoms with Gasteiger partial charge >= 0.3 is 0 Å². The molecule has 0 aromatic carbocycles. The van der Waals surface area contributed by atoms with E-state index in [0.717, 1.165) is 24.7 Å². The van der Waals surface area contributed by atoms with Gasteiger partial charge in [-0.3, -0.25) is 0 Å². The minimum atomic E-state index is 0.747. The molecule has 66 valence electrons. The van der Waals surface area contributed by atoms with Gasteiger partial charge in [0.1, 0.15) is 0 Å². The Morgan fingerprint density at radius 3 is 1.77 bits per heavy atom. The number of hydrogen-bond acceptors (Lipinski definition) is 0. The molecular formula is C10H5Cl2I. The summed E-state index contributed by atoms with van der Waals surface area (Å²) in [5.74, 6) is 0. The van der Waals surface area contributed by atoms with E-state index in [4.69, 9.17) is 23.2 Å². The minimum absolute atomic E-state index is 0.747. The van der Waals surface area contributed by atoms with Crippen LogP contribution in [0.3, 0.4) is 0 Å². The summed E-state index contributed by atoms with van der Waals surface area (Å²) in [5.41, 5.74) is 2.03. The zero-order valence-electron chi connectivity index (χ0n) is 6.52. The predicted molar refractivity (Wildman–Crippen MR) is 65.8 cm³/mol. The summed E-state index contributed by atoms with van der Waals surface area (Å²) >= 11 is 14.4. The standard InChI is InChI=1S/C10H5Cl2I/c11-8-6-4-2-1-3-5-7(6)9(12)10(8)13/h1-5H. The van der Waals surface area contributed by atoms with Gasteiger partial charge in [-0.2, -0.15) is 0 Å². The third-order valence-electron chi connectivity index (χ3n) is 1.90. The lowest BCUT2D eigenvalue weighted by atomic mass is 10.2. The van der Waals surface area contributed by atoms with Crippen molar-refractivity contribution in [3.05, 3.63) is 43.9 Å². The minimum Gasteiger partial charge on any atom is -0.0824 e. The molecule has 13 heavy (non-hydrogen) atoms. The smallest absolute Gasteiger partial charge is 0.0633 e. The van der Waals surface area contributed by atoms with Crippen molar-refractivity contribution in [1.82, 2.24) is 0 Å². The Labute approximate surface area is 100 Å². The van der Waals surface area contributed by atoms with E-state index in [1.54, 1.807) is 0 Å². The van der Waals surface area contributed by atoms with Crippen molar-refractivity contribution in [2.75, 3.05) is 0 Å². The lowest BCUT2D eigenvalue weighted by molar-refractivity contribution is 1.82. The molecule has 0 atom stereocenters. The number of fused-ring (bicyclic) bond motifs is 1. The maximum atomic E-state index is 6.11. The van der Waals surface area contributed by atoms with Crippen LogP contribution >= 0.6 is 45.8 Å². The molecule has 0 aromatic heterocycles. The molecule has 0 aromatic rings. The highest BCUT2D eigenvalue weighted by atomic mass is 127. The first-order valence-electron chi connectivity index (χ1n) is 3.73. The van der Waals surface area contributed by atoms with Crippen molar-refractivity contribution in [3.63, 3.8) is 0 Å². The van der Waals surface area contributed by atoms with Crippen molar-refractivity contribution in [3.8, 4) is 11.1 Å².